The number of thiazole rings is 1. The summed E-state index contributed by atoms with van der Waals surface area (Å²) in [6, 6.07) is 6.34. The monoisotopic (exact) mass is 413 g/mol. The van der Waals surface area contributed by atoms with Crippen LogP contribution in [0.4, 0.5) is 5.13 Å². The molecule has 3 aromatic rings. The van der Waals surface area contributed by atoms with E-state index >= 15 is 0 Å². The number of anilines is 1. The Morgan fingerprint density at radius 3 is 2.48 bits per heavy atom. The van der Waals surface area contributed by atoms with E-state index in [-0.39, 0.29) is 11.9 Å². The number of carbonyl (C=O) groups excluding carboxylic acids is 1. The molecule has 7 heteroatoms. The summed E-state index contributed by atoms with van der Waals surface area (Å²) in [4.78, 5) is 22.2. The molecule has 1 amide bonds. The Labute approximate surface area is 177 Å². The number of rotatable bonds is 7. The highest BCUT2D eigenvalue weighted by molar-refractivity contribution is 7.22. The van der Waals surface area contributed by atoms with Crippen molar-refractivity contribution in [2.75, 3.05) is 32.1 Å². The number of carbonyl (C=O) groups is 1. The highest BCUT2D eigenvalue weighted by Crippen LogP contribution is 2.33. The SMILES string of the molecule is Cc1cc(C)c2sc(N(CCCN(C)C)C(=O)c3cc(C)n(C(C)C)n3)nc2c1. The maximum Gasteiger partial charge on any atom is 0.280 e. The fourth-order valence-corrected chi connectivity index (χ4v) is 4.60. The number of hydrogen-bond donors (Lipinski definition) is 0. The standard InChI is InChI=1S/C22H31N5OS/c1-14(2)27-17(5)13-19(24-27)21(28)26(10-8-9-25(6)7)22-23-18-12-15(3)11-16(4)20(18)29-22/h11-14H,8-10H2,1-7H3. The minimum Gasteiger partial charge on any atom is -0.309 e. The molecule has 0 atom stereocenters. The Morgan fingerprint density at radius 1 is 1.14 bits per heavy atom. The summed E-state index contributed by atoms with van der Waals surface area (Å²) >= 11 is 1.59. The van der Waals surface area contributed by atoms with E-state index in [1.807, 2.05) is 31.8 Å². The Morgan fingerprint density at radius 2 is 1.86 bits per heavy atom. The van der Waals surface area contributed by atoms with Crippen LogP contribution in [-0.4, -0.2) is 52.8 Å². The summed E-state index contributed by atoms with van der Waals surface area (Å²) in [5.41, 5.74) is 4.81. The minimum absolute atomic E-state index is 0.0836. The molecule has 0 spiro atoms. The zero-order valence-corrected chi connectivity index (χ0v) is 19.3. The van der Waals surface area contributed by atoms with E-state index in [0.29, 0.717) is 12.2 Å². The summed E-state index contributed by atoms with van der Waals surface area (Å²) in [5, 5.41) is 5.32. The molecule has 0 unspecified atom stereocenters. The van der Waals surface area contributed by atoms with Gasteiger partial charge in [0.2, 0.25) is 0 Å². The van der Waals surface area contributed by atoms with E-state index in [1.54, 1.807) is 16.2 Å². The summed E-state index contributed by atoms with van der Waals surface area (Å²) in [5.74, 6) is -0.0836. The van der Waals surface area contributed by atoms with Gasteiger partial charge in [-0.2, -0.15) is 5.10 Å². The predicted octanol–water partition coefficient (Wildman–Crippen LogP) is 4.60. The zero-order valence-electron chi connectivity index (χ0n) is 18.5. The lowest BCUT2D eigenvalue weighted by molar-refractivity contribution is 0.0980. The molecule has 2 aromatic heterocycles. The van der Waals surface area contributed by atoms with Crippen molar-refractivity contribution in [1.29, 1.82) is 0 Å². The largest absolute Gasteiger partial charge is 0.309 e. The number of fused-ring (bicyclic) bond motifs is 1. The molecule has 0 aliphatic heterocycles. The lowest BCUT2D eigenvalue weighted by Crippen LogP contribution is -2.33. The highest BCUT2D eigenvalue weighted by Gasteiger charge is 2.24. The smallest absolute Gasteiger partial charge is 0.280 e. The number of benzene rings is 1. The van der Waals surface area contributed by atoms with Crippen LogP contribution in [0.5, 0.6) is 0 Å². The van der Waals surface area contributed by atoms with E-state index in [2.05, 4.69) is 49.8 Å². The summed E-state index contributed by atoms with van der Waals surface area (Å²) in [7, 11) is 4.09. The fraction of sp³-hybridized carbons (Fsp3) is 0.500. The molecule has 156 valence electrons. The molecule has 0 bridgehead atoms. The second-order valence-corrected chi connectivity index (χ2v) is 9.23. The molecule has 29 heavy (non-hydrogen) atoms. The van der Waals surface area contributed by atoms with Crippen LogP contribution >= 0.6 is 11.3 Å². The van der Waals surface area contributed by atoms with Gasteiger partial charge in [0, 0.05) is 18.3 Å². The summed E-state index contributed by atoms with van der Waals surface area (Å²) < 4.78 is 3.04. The second kappa shape index (κ2) is 8.63. The van der Waals surface area contributed by atoms with E-state index in [9.17, 15) is 4.79 Å². The first-order valence-electron chi connectivity index (χ1n) is 10.1. The average Bonchev–Trinajstić information content (AvgIpc) is 3.21. The van der Waals surface area contributed by atoms with Gasteiger partial charge in [-0.1, -0.05) is 17.4 Å². The van der Waals surface area contributed by atoms with Crippen molar-refractivity contribution < 1.29 is 4.79 Å². The Balaban J connectivity index is 1.99. The molecular formula is C22H31N5OS. The zero-order chi connectivity index (χ0) is 21.3. The third-order valence-electron chi connectivity index (χ3n) is 4.90. The van der Waals surface area contributed by atoms with Crippen LogP contribution in [0.1, 0.15) is 53.6 Å². The molecule has 0 saturated carbocycles. The van der Waals surface area contributed by atoms with Crippen molar-refractivity contribution in [2.24, 2.45) is 0 Å². The quantitative estimate of drug-likeness (QED) is 0.568. The summed E-state index contributed by atoms with van der Waals surface area (Å²) in [6.07, 6.45) is 0.872. The third kappa shape index (κ3) is 4.67. The molecule has 0 aliphatic carbocycles. The highest BCUT2D eigenvalue weighted by atomic mass is 32.1. The first kappa shape index (κ1) is 21.5. The maximum absolute atomic E-state index is 13.4. The van der Waals surface area contributed by atoms with E-state index in [0.717, 1.165) is 34.0 Å². The summed E-state index contributed by atoms with van der Waals surface area (Å²) in [6.45, 7) is 11.8. The predicted molar refractivity (Wildman–Crippen MR) is 121 cm³/mol. The van der Waals surface area contributed by atoms with Crippen LogP contribution in [0.15, 0.2) is 18.2 Å². The van der Waals surface area contributed by atoms with Crippen molar-refractivity contribution in [2.45, 2.75) is 47.1 Å². The Kier molecular flexibility index (Phi) is 6.39. The van der Waals surface area contributed by atoms with Crippen molar-refractivity contribution >= 4 is 32.6 Å². The minimum atomic E-state index is -0.0836. The van der Waals surface area contributed by atoms with Crippen LogP contribution in [-0.2, 0) is 0 Å². The van der Waals surface area contributed by atoms with Crippen LogP contribution in [0.2, 0.25) is 0 Å². The van der Waals surface area contributed by atoms with Crippen molar-refractivity contribution in [3.63, 3.8) is 0 Å². The van der Waals surface area contributed by atoms with Gasteiger partial charge in [0.1, 0.15) is 0 Å². The van der Waals surface area contributed by atoms with E-state index in [4.69, 9.17) is 4.98 Å². The van der Waals surface area contributed by atoms with Crippen molar-refractivity contribution in [1.82, 2.24) is 19.7 Å². The van der Waals surface area contributed by atoms with Crippen LogP contribution in [0, 0.1) is 20.8 Å². The lowest BCUT2D eigenvalue weighted by Gasteiger charge is -2.20. The number of aromatic nitrogens is 3. The first-order valence-corrected chi connectivity index (χ1v) is 10.9. The van der Waals surface area contributed by atoms with Crippen LogP contribution in [0.25, 0.3) is 10.2 Å². The third-order valence-corrected chi connectivity index (χ3v) is 6.13. The second-order valence-electron chi connectivity index (χ2n) is 8.25. The van der Waals surface area contributed by atoms with Gasteiger partial charge < -0.3 is 4.90 Å². The Hall–Kier alpha value is -2.25. The number of hydrogen-bond acceptors (Lipinski definition) is 5. The topological polar surface area (TPSA) is 54.3 Å². The molecule has 1 aromatic carbocycles. The van der Waals surface area contributed by atoms with Gasteiger partial charge in [0.05, 0.1) is 10.2 Å². The molecule has 0 N–H and O–H groups in total. The molecule has 0 aliphatic rings. The molecule has 2 heterocycles. The molecule has 0 saturated heterocycles. The van der Waals surface area contributed by atoms with Gasteiger partial charge in [0.15, 0.2) is 10.8 Å². The van der Waals surface area contributed by atoms with Crippen molar-refractivity contribution in [3.05, 3.63) is 40.7 Å². The van der Waals surface area contributed by atoms with Gasteiger partial charge in [-0.3, -0.25) is 14.4 Å². The molecule has 6 nitrogen and oxygen atoms in total. The average molecular weight is 414 g/mol. The molecule has 0 fully saturated rings. The Bertz CT molecular complexity index is 1020. The van der Waals surface area contributed by atoms with Gasteiger partial charge in [-0.25, -0.2) is 4.98 Å². The number of nitrogens with zero attached hydrogens (tertiary/aromatic N) is 5. The van der Waals surface area contributed by atoms with Gasteiger partial charge in [-0.15, -0.1) is 0 Å². The molecular weight excluding hydrogens is 382 g/mol. The van der Waals surface area contributed by atoms with E-state index in [1.165, 1.54) is 11.1 Å². The fourth-order valence-electron chi connectivity index (χ4n) is 3.56. The van der Waals surface area contributed by atoms with Gasteiger partial charge >= 0.3 is 0 Å². The van der Waals surface area contributed by atoms with Gasteiger partial charge in [-0.05, 0) is 84.9 Å². The number of amides is 1. The number of aryl methyl sites for hydroxylation is 3. The lowest BCUT2D eigenvalue weighted by atomic mass is 10.1. The van der Waals surface area contributed by atoms with Gasteiger partial charge in [0.25, 0.3) is 5.91 Å². The normalized spacial score (nSPS) is 11.8. The van der Waals surface area contributed by atoms with Crippen molar-refractivity contribution in [3.8, 4) is 0 Å². The molecule has 0 radical (unpaired) electrons. The van der Waals surface area contributed by atoms with E-state index < -0.39 is 0 Å². The maximum atomic E-state index is 13.4. The molecule has 3 rings (SSSR count). The van der Waals surface area contributed by atoms with Crippen LogP contribution in [0.3, 0.4) is 0 Å². The first-order chi connectivity index (χ1) is 13.7. The van der Waals surface area contributed by atoms with Crippen LogP contribution < -0.4 is 4.90 Å².